The molecule has 0 spiro atoms. The molecule has 1 aliphatic rings. The second-order valence-electron chi connectivity index (χ2n) is 6.06. The first-order chi connectivity index (χ1) is 12.0. The van der Waals surface area contributed by atoms with E-state index in [-0.39, 0.29) is 5.91 Å². The summed E-state index contributed by atoms with van der Waals surface area (Å²) in [5, 5.41) is 3.55. The maximum absolute atomic E-state index is 13.2. The van der Waals surface area contributed by atoms with Crippen LogP contribution in [0.15, 0.2) is 36.5 Å². The molecule has 1 aromatic heterocycles. The van der Waals surface area contributed by atoms with E-state index in [4.69, 9.17) is 11.6 Å². The van der Waals surface area contributed by atoms with E-state index in [1.54, 1.807) is 12.1 Å². The Morgan fingerprint density at radius 1 is 1.28 bits per heavy atom. The third-order valence-corrected chi connectivity index (χ3v) is 4.77. The lowest BCUT2D eigenvalue weighted by Gasteiger charge is -2.35. The molecule has 25 heavy (non-hydrogen) atoms. The Labute approximate surface area is 151 Å². The summed E-state index contributed by atoms with van der Waals surface area (Å²) in [5.41, 5.74) is 2.43. The van der Waals surface area contributed by atoms with Crippen molar-refractivity contribution in [2.24, 2.45) is 0 Å². The highest BCUT2D eigenvalue weighted by Gasteiger charge is 2.20. The number of nitrogens with one attached hydrogen (secondary N) is 1. The fraction of sp³-hybridized carbons (Fsp3) is 0.333. The molecule has 2 heterocycles. The summed E-state index contributed by atoms with van der Waals surface area (Å²) in [6.07, 6.45) is 1.47. The van der Waals surface area contributed by atoms with Gasteiger partial charge in [-0.15, -0.1) is 0 Å². The van der Waals surface area contributed by atoms with Crippen molar-refractivity contribution in [2.75, 3.05) is 42.9 Å². The van der Waals surface area contributed by atoms with Gasteiger partial charge in [-0.1, -0.05) is 17.7 Å². The van der Waals surface area contributed by atoms with Crippen molar-refractivity contribution >= 4 is 28.9 Å². The molecule has 132 valence electrons. The second-order valence-corrected chi connectivity index (χ2v) is 6.47. The molecule has 1 saturated heterocycles. The molecule has 1 aliphatic heterocycles. The molecule has 0 radical (unpaired) electrons. The number of halogens is 2. The lowest BCUT2D eigenvalue weighted by molar-refractivity contribution is -0.117. The van der Waals surface area contributed by atoms with Crippen molar-refractivity contribution in [3.05, 3.63) is 53.1 Å². The average molecular weight is 363 g/mol. The molecule has 5 nitrogen and oxygen atoms in total. The highest BCUT2D eigenvalue weighted by atomic mass is 35.5. The lowest BCUT2D eigenvalue weighted by Crippen LogP contribution is -2.48. The second kappa shape index (κ2) is 7.80. The number of nitrogens with zero attached hydrogens (tertiary/aromatic N) is 3. The Balaban J connectivity index is 1.52. The van der Waals surface area contributed by atoms with Crippen LogP contribution in [0.3, 0.4) is 0 Å². The predicted octanol–water partition coefficient (Wildman–Crippen LogP) is 2.94. The van der Waals surface area contributed by atoms with Gasteiger partial charge in [-0.05, 0) is 30.7 Å². The van der Waals surface area contributed by atoms with Crippen LogP contribution >= 0.6 is 11.6 Å². The zero-order valence-corrected chi connectivity index (χ0v) is 14.8. The van der Waals surface area contributed by atoms with Crippen LogP contribution < -0.4 is 10.2 Å². The molecular formula is C18H20ClFN4O. The summed E-state index contributed by atoms with van der Waals surface area (Å²) in [6.45, 7) is 5.17. The van der Waals surface area contributed by atoms with Crippen molar-refractivity contribution in [3.63, 3.8) is 0 Å². The summed E-state index contributed by atoms with van der Waals surface area (Å²) in [5.74, 6) is -0.537. The van der Waals surface area contributed by atoms with Crippen LogP contribution in [0.2, 0.25) is 5.02 Å². The molecular weight excluding hydrogens is 343 g/mol. The Hall–Kier alpha value is -2.18. The van der Waals surface area contributed by atoms with Gasteiger partial charge in [0, 0.05) is 54.8 Å². The Kier molecular flexibility index (Phi) is 5.50. The number of rotatable bonds is 4. The van der Waals surface area contributed by atoms with E-state index in [0.29, 0.717) is 11.6 Å². The largest absolute Gasteiger partial charge is 0.369 e. The summed E-state index contributed by atoms with van der Waals surface area (Å²) >= 11 is 6.08. The lowest BCUT2D eigenvalue weighted by atomic mass is 10.2. The molecule has 1 fully saturated rings. The van der Waals surface area contributed by atoms with E-state index < -0.39 is 5.95 Å². The SMILES string of the molecule is Cc1c(Cl)cccc1NC(=O)CN1CCN(c2ccnc(F)c2)CC1. The van der Waals surface area contributed by atoms with Crippen molar-refractivity contribution < 1.29 is 9.18 Å². The topological polar surface area (TPSA) is 48.5 Å². The van der Waals surface area contributed by atoms with Crippen LogP contribution in [0, 0.1) is 12.9 Å². The third kappa shape index (κ3) is 4.46. The minimum Gasteiger partial charge on any atom is -0.369 e. The molecule has 0 unspecified atom stereocenters. The Morgan fingerprint density at radius 3 is 2.76 bits per heavy atom. The monoisotopic (exact) mass is 362 g/mol. The highest BCUT2D eigenvalue weighted by Crippen LogP contribution is 2.23. The molecule has 3 rings (SSSR count). The zero-order chi connectivity index (χ0) is 17.8. The van der Waals surface area contributed by atoms with E-state index in [9.17, 15) is 9.18 Å². The molecule has 1 aromatic carbocycles. The number of carbonyl (C=O) groups excluding carboxylic acids is 1. The molecule has 0 saturated carbocycles. The van der Waals surface area contributed by atoms with E-state index in [1.807, 2.05) is 19.1 Å². The van der Waals surface area contributed by atoms with E-state index >= 15 is 0 Å². The van der Waals surface area contributed by atoms with Gasteiger partial charge in [0.15, 0.2) is 0 Å². The number of piperazine rings is 1. The first-order valence-electron chi connectivity index (χ1n) is 8.17. The van der Waals surface area contributed by atoms with Gasteiger partial charge in [0.05, 0.1) is 6.54 Å². The number of amides is 1. The van der Waals surface area contributed by atoms with Crippen LogP contribution in [0.4, 0.5) is 15.8 Å². The average Bonchev–Trinajstić information content (AvgIpc) is 2.60. The standard InChI is InChI=1S/C18H20ClFN4O/c1-13-15(19)3-2-4-16(13)22-18(25)12-23-7-9-24(10-8-23)14-5-6-21-17(20)11-14/h2-6,11H,7-10,12H2,1H3,(H,22,25). The minimum absolute atomic E-state index is 0.0613. The fourth-order valence-electron chi connectivity index (χ4n) is 2.89. The Morgan fingerprint density at radius 2 is 2.04 bits per heavy atom. The normalized spacial score (nSPS) is 15.2. The van der Waals surface area contributed by atoms with Crippen LogP contribution in [-0.4, -0.2) is 48.5 Å². The molecule has 0 bridgehead atoms. The van der Waals surface area contributed by atoms with Crippen LogP contribution in [0.25, 0.3) is 0 Å². The van der Waals surface area contributed by atoms with Crippen LogP contribution in [0.1, 0.15) is 5.56 Å². The number of carbonyl (C=O) groups is 1. The molecule has 1 amide bonds. The quantitative estimate of drug-likeness (QED) is 0.849. The molecule has 0 atom stereocenters. The predicted molar refractivity (Wildman–Crippen MR) is 97.7 cm³/mol. The van der Waals surface area contributed by atoms with Gasteiger partial charge in [-0.3, -0.25) is 9.69 Å². The number of hydrogen-bond acceptors (Lipinski definition) is 4. The van der Waals surface area contributed by atoms with Gasteiger partial charge in [0.25, 0.3) is 0 Å². The highest BCUT2D eigenvalue weighted by molar-refractivity contribution is 6.31. The number of anilines is 2. The smallest absolute Gasteiger partial charge is 0.238 e. The maximum atomic E-state index is 13.2. The molecule has 1 N–H and O–H groups in total. The van der Waals surface area contributed by atoms with Crippen LogP contribution in [0.5, 0.6) is 0 Å². The first kappa shape index (κ1) is 17.6. The van der Waals surface area contributed by atoms with Crippen molar-refractivity contribution in [1.29, 1.82) is 0 Å². The number of benzene rings is 1. The van der Waals surface area contributed by atoms with Crippen molar-refractivity contribution in [1.82, 2.24) is 9.88 Å². The molecule has 2 aromatic rings. The minimum atomic E-state index is -0.476. The first-order valence-corrected chi connectivity index (χ1v) is 8.54. The van der Waals surface area contributed by atoms with E-state index in [1.165, 1.54) is 12.3 Å². The van der Waals surface area contributed by atoms with Gasteiger partial charge in [-0.2, -0.15) is 4.39 Å². The zero-order valence-electron chi connectivity index (χ0n) is 14.0. The summed E-state index contributed by atoms with van der Waals surface area (Å²) in [6, 6.07) is 8.69. The van der Waals surface area contributed by atoms with Gasteiger partial charge >= 0.3 is 0 Å². The van der Waals surface area contributed by atoms with Crippen molar-refractivity contribution in [2.45, 2.75) is 6.92 Å². The van der Waals surface area contributed by atoms with Gasteiger partial charge < -0.3 is 10.2 Å². The third-order valence-electron chi connectivity index (χ3n) is 4.36. The number of pyridine rings is 1. The number of aromatic nitrogens is 1. The van der Waals surface area contributed by atoms with Gasteiger partial charge in [-0.25, -0.2) is 4.98 Å². The van der Waals surface area contributed by atoms with E-state index in [2.05, 4.69) is 20.1 Å². The molecule has 0 aliphatic carbocycles. The summed E-state index contributed by atoms with van der Waals surface area (Å²) in [7, 11) is 0. The summed E-state index contributed by atoms with van der Waals surface area (Å²) in [4.78, 5) is 20.0. The Bertz CT molecular complexity index is 762. The molecule has 7 heteroatoms. The maximum Gasteiger partial charge on any atom is 0.238 e. The fourth-order valence-corrected chi connectivity index (χ4v) is 3.06. The van der Waals surface area contributed by atoms with Crippen LogP contribution in [-0.2, 0) is 4.79 Å². The van der Waals surface area contributed by atoms with Gasteiger partial charge in [0.1, 0.15) is 0 Å². The van der Waals surface area contributed by atoms with E-state index in [0.717, 1.165) is 43.1 Å². The van der Waals surface area contributed by atoms with Crippen molar-refractivity contribution in [3.8, 4) is 0 Å². The summed E-state index contributed by atoms with van der Waals surface area (Å²) < 4.78 is 13.2. The number of hydrogen-bond donors (Lipinski definition) is 1. The van der Waals surface area contributed by atoms with Gasteiger partial charge in [0.2, 0.25) is 11.9 Å².